The van der Waals surface area contributed by atoms with Crippen molar-refractivity contribution in [3.63, 3.8) is 0 Å². The van der Waals surface area contributed by atoms with Gasteiger partial charge in [-0.1, -0.05) is 18.6 Å². The maximum atomic E-state index is 13.1. The number of benzene rings is 1. The Bertz CT molecular complexity index is 820. The fraction of sp³-hybridized carbons (Fsp3) is 0.609. The second-order valence-corrected chi connectivity index (χ2v) is 8.06. The van der Waals surface area contributed by atoms with Gasteiger partial charge in [0.1, 0.15) is 0 Å². The van der Waals surface area contributed by atoms with E-state index in [0.717, 1.165) is 18.9 Å². The number of ether oxygens (including phenoxy) is 1. The molecule has 0 bridgehead atoms. The summed E-state index contributed by atoms with van der Waals surface area (Å²) in [5.41, 5.74) is -1.15. The minimum absolute atomic E-state index is 0.0535. The molecule has 34 heavy (non-hydrogen) atoms. The molecule has 3 amide bonds. The largest absolute Gasteiger partial charge is 0.466 e. The van der Waals surface area contributed by atoms with Gasteiger partial charge in [0.2, 0.25) is 5.91 Å². The van der Waals surface area contributed by atoms with Gasteiger partial charge in [0.15, 0.2) is 0 Å². The average Bonchev–Trinajstić information content (AvgIpc) is 3.01. The van der Waals surface area contributed by atoms with Gasteiger partial charge in [0.05, 0.1) is 24.4 Å². The van der Waals surface area contributed by atoms with Gasteiger partial charge in [0.25, 0.3) is 0 Å². The number of nitrogens with one attached hydrogen (secondary N) is 2. The molecule has 8 nitrogen and oxygen atoms in total. The molecular weight excluding hydrogens is 453 g/mol. The Morgan fingerprint density at radius 3 is 2.53 bits per heavy atom. The molecule has 2 N–H and O–H groups in total. The van der Waals surface area contributed by atoms with Gasteiger partial charge in [-0.05, 0) is 38.3 Å². The zero-order valence-electron chi connectivity index (χ0n) is 19.5. The molecule has 190 valence electrons. The summed E-state index contributed by atoms with van der Waals surface area (Å²) in [6, 6.07) is 4.69. The molecule has 0 radical (unpaired) electrons. The molecule has 1 fully saturated rings. The first-order chi connectivity index (χ1) is 16.2. The predicted octanol–water partition coefficient (Wildman–Crippen LogP) is 3.48. The second-order valence-electron chi connectivity index (χ2n) is 8.06. The molecule has 0 saturated carbocycles. The van der Waals surface area contributed by atoms with Gasteiger partial charge in [-0.15, -0.1) is 0 Å². The van der Waals surface area contributed by atoms with Crippen LogP contribution in [0.25, 0.3) is 0 Å². The first-order valence-electron chi connectivity index (χ1n) is 11.6. The van der Waals surface area contributed by atoms with E-state index in [9.17, 15) is 27.6 Å². The normalized spacial score (nSPS) is 14.9. The number of esters is 1. The molecule has 11 heteroatoms. The van der Waals surface area contributed by atoms with E-state index < -0.39 is 17.6 Å². The number of hydrogen-bond donors (Lipinski definition) is 2. The van der Waals surface area contributed by atoms with Gasteiger partial charge < -0.3 is 20.3 Å². The van der Waals surface area contributed by atoms with Crippen molar-refractivity contribution in [2.75, 3.05) is 51.2 Å². The van der Waals surface area contributed by atoms with E-state index in [2.05, 4.69) is 10.6 Å². The molecule has 0 aliphatic carbocycles. The number of carbonyl (C=O) groups is 3. The van der Waals surface area contributed by atoms with E-state index in [0.29, 0.717) is 58.6 Å². The number of nitrogens with zero attached hydrogens (tertiary/aromatic N) is 2. The average molecular weight is 487 g/mol. The molecule has 2 rings (SSSR count). The predicted molar refractivity (Wildman–Crippen MR) is 121 cm³/mol. The van der Waals surface area contributed by atoms with Crippen molar-refractivity contribution >= 4 is 23.6 Å². The lowest BCUT2D eigenvalue weighted by Crippen LogP contribution is -2.43. The summed E-state index contributed by atoms with van der Waals surface area (Å²) >= 11 is 0. The Hall–Kier alpha value is -2.82. The van der Waals surface area contributed by atoms with Crippen molar-refractivity contribution in [3.8, 4) is 0 Å². The van der Waals surface area contributed by atoms with E-state index in [4.69, 9.17) is 4.74 Å². The number of anilines is 1. The van der Waals surface area contributed by atoms with Crippen LogP contribution in [0.4, 0.5) is 23.7 Å². The Labute approximate surface area is 197 Å². The second kappa shape index (κ2) is 13.8. The van der Waals surface area contributed by atoms with Crippen molar-refractivity contribution < 1.29 is 32.3 Å². The summed E-state index contributed by atoms with van der Waals surface area (Å²) in [5.74, 6) is -0.740. The summed E-state index contributed by atoms with van der Waals surface area (Å²) in [4.78, 5) is 39.6. The van der Waals surface area contributed by atoms with Gasteiger partial charge in [-0.25, -0.2) is 4.79 Å². The number of para-hydroxylation sites is 1. The first kappa shape index (κ1) is 27.4. The Balaban J connectivity index is 1.70. The summed E-state index contributed by atoms with van der Waals surface area (Å²) < 4.78 is 44.2. The zero-order chi connectivity index (χ0) is 25.0. The van der Waals surface area contributed by atoms with Crippen LogP contribution in [0.1, 0.15) is 44.6 Å². The van der Waals surface area contributed by atoms with Crippen molar-refractivity contribution in [2.24, 2.45) is 0 Å². The number of carbonyl (C=O) groups excluding carboxylic acids is 3. The topological polar surface area (TPSA) is 91.0 Å². The van der Waals surface area contributed by atoms with Crippen LogP contribution in [-0.4, -0.2) is 73.6 Å². The number of amides is 3. The molecular formula is C23H33F3N4O4. The SMILES string of the molecule is CCOC(=O)CCCCCNC(=O)N1CCCN(CC(=O)Nc2ccccc2C(F)(F)F)CC1. The molecule has 0 aromatic heterocycles. The number of hydrogen-bond acceptors (Lipinski definition) is 5. The molecule has 1 aliphatic rings. The quantitative estimate of drug-likeness (QED) is 0.390. The standard InChI is InChI=1S/C23H33F3N4O4/c1-2-34-21(32)11-4-3-7-12-27-22(33)30-14-8-13-29(15-16-30)17-20(31)28-19-10-6-5-9-18(19)23(24,25)26/h5-6,9-10H,2-4,7-8,11-17H2,1H3,(H,27,33)(H,28,31). The minimum atomic E-state index is -4.55. The fourth-order valence-electron chi connectivity index (χ4n) is 3.68. The van der Waals surface area contributed by atoms with E-state index in [-0.39, 0.29) is 24.2 Å². The van der Waals surface area contributed by atoms with E-state index in [1.807, 2.05) is 4.90 Å². The number of halogens is 3. The summed E-state index contributed by atoms with van der Waals surface area (Å²) in [5, 5.41) is 5.22. The maximum absolute atomic E-state index is 13.1. The number of unbranched alkanes of at least 4 members (excludes halogenated alkanes) is 2. The molecule has 0 atom stereocenters. The fourth-order valence-corrected chi connectivity index (χ4v) is 3.68. The molecule has 1 aromatic rings. The van der Waals surface area contributed by atoms with E-state index in [1.54, 1.807) is 11.8 Å². The third-order valence-electron chi connectivity index (χ3n) is 5.39. The highest BCUT2D eigenvalue weighted by Crippen LogP contribution is 2.34. The van der Waals surface area contributed by atoms with Crippen molar-refractivity contribution in [2.45, 2.75) is 45.2 Å². The number of alkyl halides is 3. The van der Waals surface area contributed by atoms with Crippen LogP contribution in [0.5, 0.6) is 0 Å². The summed E-state index contributed by atoms with van der Waals surface area (Å²) in [6.45, 7) is 4.55. The Morgan fingerprint density at radius 1 is 1.03 bits per heavy atom. The molecule has 1 aromatic carbocycles. The van der Waals surface area contributed by atoms with E-state index >= 15 is 0 Å². The van der Waals surface area contributed by atoms with Crippen molar-refractivity contribution in [1.82, 2.24) is 15.1 Å². The van der Waals surface area contributed by atoms with E-state index in [1.165, 1.54) is 18.2 Å². The highest BCUT2D eigenvalue weighted by atomic mass is 19.4. The number of urea groups is 1. The monoisotopic (exact) mass is 486 g/mol. The number of rotatable bonds is 10. The highest BCUT2D eigenvalue weighted by Gasteiger charge is 2.33. The molecule has 0 unspecified atom stereocenters. The highest BCUT2D eigenvalue weighted by molar-refractivity contribution is 5.93. The van der Waals surface area contributed by atoms with Gasteiger partial charge in [0, 0.05) is 39.1 Å². The molecule has 1 heterocycles. The summed E-state index contributed by atoms with van der Waals surface area (Å²) in [7, 11) is 0. The van der Waals surface area contributed by atoms with Crippen LogP contribution < -0.4 is 10.6 Å². The smallest absolute Gasteiger partial charge is 0.418 e. The molecule has 1 saturated heterocycles. The zero-order valence-corrected chi connectivity index (χ0v) is 19.5. The van der Waals surface area contributed by atoms with Crippen molar-refractivity contribution in [3.05, 3.63) is 29.8 Å². The van der Waals surface area contributed by atoms with Crippen LogP contribution >= 0.6 is 0 Å². The molecule has 0 spiro atoms. The Kier molecular flexibility index (Phi) is 11.1. The minimum Gasteiger partial charge on any atom is -0.466 e. The van der Waals surface area contributed by atoms with Gasteiger partial charge in [-0.2, -0.15) is 13.2 Å². The first-order valence-corrected chi connectivity index (χ1v) is 11.6. The van der Waals surface area contributed by atoms with Gasteiger partial charge in [-0.3, -0.25) is 14.5 Å². The maximum Gasteiger partial charge on any atom is 0.418 e. The van der Waals surface area contributed by atoms with Crippen LogP contribution in [0.3, 0.4) is 0 Å². The third-order valence-corrected chi connectivity index (χ3v) is 5.39. The van der Waals surface area contributed by atoms with Crippen molar-refractivity contribution in [1.29, 1.82) is 0 Å². The lowest BCUT2D eigenvalue weighted by atomic mass is 10.1. The lowest BCUT2D eigenvalue weighted by molar-refractivity contribution is -0.143. The van der Waals surface area contributed by atoms with Crippen LogP contribution in [0, 0.1) is 0 Å². The third kappa shape index (κ3) is 9.58. The summed E-state index contributed by atoms with van der Waals surface area (Å²) in [6.07, 6.45) is -1.26. The van der Waals surface area contributed by atoms with Gasteiger partial charge >= 0.3 is 18.2 Å². The van der Waals surface area contributed by atoms with Crippen LogP contribution in [0.2, 0.25) is 0 Å². The van der Waals surface area contributed by atoms with Crippen LogP contribution in [0.15, 0.2) is 24.3 Å². The lowest BCUT2D eigenvalue weighted by Gasteiger charge is -2.22. The Morgan fingerprint density at radius 2 is 1.79 bits per heavy atom. The molecule has 1 aliphatic heterocycles. The van der Waals surface area contributed by atoms with Crippen LogP contribution in [-0.2, 0) is 20.5 Å².